The highest BCUT2D eigenvalue weighted by molar-refractivity contribution is 7.99. The number of nitrogens with zero attached hydrogens (tertiary/aromatic N) is 1. The van der Waals surface area contributed by atoms with E-state index in [9.17, 15) is 14.0 Å². The summed E-state index contributed by atoms with van der Waals surface area (Å²) in [5.41, 5.74) is 2.91. The van der Waals surface area contributed by atoms with Crippen molar-refractivity contribution in [1.82, 2.24) is 9.66 Å². The average molecular weight is 444 g/mol. The van der Waals surface area contributed by atoms with Crippen molar-refractivity contribution < 1.29 is 9.18 Å². The summed E-state index contributed by atoms with van der Waals surface area (Å²) < 4.78 is 14.2. The van der Waals surface area contributed by atoms with Crippen molar-refractivity contribution in [3.8, 4) is 0 Å². The van der Waals surface area contributed by atoms with Crippen molar-refractivity contribution in [3.63, 3.8) is 0 Å². The fraction of sp³-hybridized carbons (Fsp3) is 0.235. The molecule has 0 aliphatic carbocycles. The number of H-pyrrole nitrogens is 1. The number of hydrogen-bond donors (Lipinski definition) is 2. The van der Waals surface area contributed by atoms with Crippen molar-refractivity contribution in [2.75, 3.05) is 11.2 Å². The van der Waals surface area contributed by atoms with E-state index >= 15 is 0 Å². The average Bonchev–Trinajstić information content (AvgIpc) is 3.04. The zero-order chi connectivity index (χ0) is 19.6. The zero-order valence-corrected chi connectivity index (χ0v) is 17.4. The zero-order valence-electron chi connectivity index (χ0n) is 14.2. The third-order valence-electron chi connectivity index (χ3n) is 3.73. The summed E-state index contributed by atoms with van der Waals surface area (Å²) in [5, 5.41) is 0.813. The number of fused-ring (bicyclic) bond motifs is 1. The third kappa shape index (κ3) is 4.60. The highest BCUT2D eigenvalue weighted by atomic mass is 35.5. The Labute approximate surface area is 172 Å². The Morgan fingerprint density at radius 1 is 1.44 bits per heavy atom. The molecule has 2 N–H and O–H groups in total. The minimum absolute atomic E-state index is 0.0941. The van der Waals surface area contributed by atoms with Crippen LogP contribution in [-0.2, 0) is 17.0 Å². The number of amides is 1. The van der Waals surface area contributed by atoms with Crippen LogP contribution in [0.4, 0.5) is 4.39 Å². The summed E-state index contributed by atoms with van der Waals surface area (Å²) in [6.07, 6.45) is 0.814. The van der Waals surface area contributed by atoms with Gasteiger partial charge in [-0.3, -0.25) is 15.0 Å². The van der Waals surface area contributed by atoms with Crippen LogP contribution in [0, 0.1) is 10.6 Å². The number of thioether (sulfide) groups is 1. The molecule has 10 heteroatoms. The fourth-order valence-corrected chi connectivity index (χ4v) is 4.80. The van der Waals surface area contributed by atoms with E-state index in [-0.39, 0.29) is 22.0 Å². The number of halogens is 2. The SMILES string of the molecule is CCc1cc2c(=O)n(NC(=O)CSCc3ccc(F)cc3Cl)c(=S)[nH]c2s1. The van der Waals surface area contributed by atoms with Gasteiger partial charge in [0.25, 0.3) is 5.56 Å². The number of hydrogen-bond acceptors (Lipinski definition) is 5. The lowest BCUT2D eigenvalue weighted by Gasteiger charge is -2.09. The van der Waals surface area contributed by atoms with Crippen LogP contribution in [0.25, 0.3) is 10.2 Å². The van der Waals surface area contributed by atoms with Gasteiger partial charge in [-0.15, -0.1) is 23.1 Å². The molecule has 0 radical (unpaired) electrons. The number of carbonyl (C=O) groups excluding carboxylic acids is 1. The summed E-state index contributed by atoms with van der Waals surface area (Å²) in [4.78, 5) is 29.5. The van der Waals surface area contributed by atoms with Crippen LogP contribution in [0.1, 0.15) is 17.4 Å². The Balaban J connectivity index is 1.69. The number of aryl methyl sites for hydroxylation is 1. The first-order valence-corrected chi connectivity index (χ1v) is 10.7. The molecule has 2 heterocycles. The topological polar surface area (TPSA) is 66.9 Å². The second-order valence-corrected chi connectivity index (χ2v) is 8.56. The normalized spacial score (nSPS) is 11.1. The van der Waals surface area contributed by atoms with Crippen LogP contribution in [0.5, 0.6) is 0 Å². The van der Waals surface area contributed by atoms with E-state index in [1.54, 1.807) is 6.07 Å². The summed E-state index contributed by atoms with van der Waals surface area (Å²) >= 11 is 13.9. The molecule has 1 amide bonds. The lowest BCUT2D eigenvalue weighted by atomic mass is 10.2. The van der Waals surface area contributed by atoms with E-state index in [0.29, 0.717) is 21.0 Å². The maximum Gasteiger partial charge on any atom is 0.282 e. The quantitative estimate of drug-likeness (QED) is 0.551. The van der Waals surface area contributed by atoms with Gasteiger partial charge >= 0.3 is 0 Å². The number of carbonyl (C=O) groups is 1. The lowest BCUT2D eigenvalue weighted by Crippen LogP contribution is -2.35. The second kappa shape index (κ2) is 8.55. The van der Waals surface area contributed by atoms with Gasteiger partial charge in [0.2, 0.25) is 10.7 Å². The van der Waals surface area contributed by atoms with Crippen LogP contribution < -0.4 is 11.0 Å². The Bertz CT molecular complexity index is 1120. The molecule has 142 valence electrons. The van der Waals surface area contributed by atoms with E-state index in [0.717, 1.165) is 21.5 Å². The molecule has 0 aliphatic heterocycles. The maximum absolute atomic E-state index is 13.1. The molecule has 1 aromatic carbocycles. The maximum atomic E-state index is 13.1. The van der Waals surface area contributed by atoms with Crippen LogP contribution in [0.3, 0.4) is 0 Å². The molecule has 5 nitrogen and oxygen atoms in total. The van der Waals surface area contributed by atoms with Gasteiger partial charge in [-0.1, -0.05) is 24.6 Å². The first kappa shape index (κ1) is 20.1. The number of aromatic amines is 1. The van der Waals surface area contributed by atoms with E-state index in [1.807, 2.05) is 13.0 Å². The Kier molecular flexibility index (Phi) is 6.36. The van der Waals surface area contributed by atoms with Crippen molar-refractivity contribution in [1.29, 1.82) is 0 Å². The first-order valence-electron chi connectivity index (χ1n) is 7.98. The number of thiophene rings is 1. The number of rotatable bonds is 6. The van der Waals surface area contributed by atoms with Crippen LogP contribution in [0.2, 0.25) is 5.02 Å². The molecule has 0 saturated heterocycles. The Hall–Kier alpha value is -1.68. The minimum atomic E-state index is -0.407. The van der Waals surface area contributed by atoms with Gasteiger partial charge < -0.3 is 4.98 Å². The largest absolute Gasteiger partial charge is 0.322 e. The second-order valence-electron chi connectivity index (χ2n) is 5.64. The van der Waals surface area contributed by atoms with Crippen molar-refractivity contribution in [2.24, 2.45) is 0 Å². The predicted molar refractivity (Wildman–Crippen MR) is 113 cm³/mol. The van der Waals surface area contributed by atoms with Gasteiger partial charge in [0.15, 0.2) is 0 Å². The fourth-order valence-electron chi connectivity index (χ4n) is 2.38. The molecule has 0 aliphatic rings. The molecule has 0 fully saturated rings. The van der Waals surface area contributed by atoms with Crippen molar-refractivity contribution >= 4 is 63.0 Å². The standard InChI is InChI=1S/C17H15ClFN3O2S3/c1-2-11-6-12-15(27-11)20-17(25)22(16(12)24)21-14(23)8-26-7-9-3-4-10(19)5-13(9)18/h3-6H,2,7-8H2,1H3,(H,20,25)(H,21,23). The Morgan fingerprint density at radius 2 is 2.22 bits per heavy atom. The van der Waals surface area contributed by atoms with Gasteiger partial charge in [0.05, 0.1) is 11.1 Å². The van der Waals surface area contributed by atoms with Crippen LogP contribution >= 0.6 is 46.9 Å². The van der Waals surface area contributed by atoms with Crippen LogP contribution in [0.15, 0.2) is 29.1 Å². The number of nitrogens with one attached hydrogen (secondary N) is 2. The van der Waals surface area contributed by atoms with Crippen molar-refractivity contribution in [2.45, 2.75) is 19.1 Å². The van der Waals surface area contributed by atoms with Gasteiger partial charge in [-0.25, -0.2) is 4.39 Å². The van der Waals surface area contributed by atoms with E-state index in [2.05, 4.69) is 10.4 Å². The summed E-state index contributed by atoms with van der Waals surface area (Å²) in [6.45, 7) is 2.00. The van der Waals surface area contributed by atoms with Crippen LogP contribution in [-0.4, -0.2) is 21.3 Å². The predicted octanol–water partition coefficient (Wildman–Crippen LogP) is 4.48. The molecule has 27 heavy (non-hydrogen) atoms. The van der Waals surface area contributed by atoms with E-state index < -0.39 is 5.82 Å². The molecule has 0 atom stereocenters. The smallest absolute Gasteiger partial charge is 0.282 e. The number of aromatic nitrogens is 2. The summed E-state index contributed by atoms with van der Waals surface area (Å²) in [5.74, 6) is -0.241. The first-order chi connectivity index (χ1) is 12.9. The Morgan fingerprint density at radius 3 is 2.93 bits per heavy atom. The summed E-state index contributed by atoms with van der Waals surface area (Å²) in [6, 6.07) is 5.94. The molecule has 0 saturated carbocycles. The van der Waals surface area contributed by atoms with Gasteiger partial charge in [0.1, 0.15) is 10.6 Å². The van der Waals surface area contributed by atoms with Gasteiger partial charge in [0, 0.05) is 15.7 Å². The number of benzene rings is 1. The van der Waals surface area contributed by atoms with E-state index in [4.69, 9.17) is 23.8 Å². The molecule has 3 rings (SSSR count). The molecule has 0 unspecified atom stereocenters. The molecule has 2 aromatic heterocycles. The highest BCUT2D eigenvalue weighted by Gasteiger charge is 2.12. The van der Waals surface area contributed by atoms with Gasteiger partial charge in [-0.05, 0) is 42.4 Å². The molecule has 3 aromatic rings. The van der Waals surface area contributed by atoms with Gasteiger partial charge in [-0.2, -0.15) is 4.68 Å². The highest BCUT2D eigenvalue weighted by Crippen LogP contribution is 2.23. The van der Waals surface area contributed by atoms with E-state index in [1.165, 1.54) is 35.2 Å². The third-order valence-corrected chi connectivity index (χ3v) is 6.54. The van der Waals surface area contributed by atoms with Crippen molar-refractivity contribution in [3.05, 3.63) is 60.7 Å². The molecular formula is C17H15ClFN3O2S3. The summed E-state index contributed by atoms with van der Waals surface area (Å²) in [7, 11) is 0. The minimum Gasteiger partial charge on any atom is -0.322 e. The molecule has 0 spiro atoms. The lowest BCUT2D eigenvalue weighted by molar-refractivity contribution is -0.114. The molecular weight excluding hydrogens is 429 g/mol. The monoisotopic (exact) mass is 443 g/mol. The molecule has 0 bridgehead atoms.